The van der Waals surface area contributed by atoms with Crippen molar-refractivity contribution in [3.63, 3.8) is 0 Å². The maximum atomic E-state index is 13.0. The molecule has 0 radical (unpaired) electrons. The Hall–Kier alpha value is -3.28. The van der Waals surface area contributed by atoms with Crippen molar-refractivity contribution in [2.24, 2.45) is 0 Å². The molecule has 0 amide bonds. The number of fused-ring (bicyclic) bond motifs is 3. The molecule has 1 aliphatic carbocycles. The number of alkyl halides is 12. The number of rotatable bonds is 2. The summed E-state index contributed by atoms with van der Waals surface area (Å²) in [6.45, 7) is 13.6. The van der Waals surface area contributed by atoms with Gasteiger partial charge in [-0.15, -0.1) is 11.1 Å². The Kier molecular flexibility index (Phi) is 16.3. The van der Waals surface area contributed by atoms with E-state index >= 15 is 0 Å². The molecule has 0 fully saturated rings. The number of hydrogen-bond acceptors (Lipinski definition) is 0. The Balaban J connectivity index is 0.000000359. The fraction of sp³-hybridized carbons (Fsp3) is 0.302. The van der Waals surface area contributed by atoms with Crippen LogP contribution in [-0.4, -0.2) is 3.21 Å². The smallest absolute Gasteiger partial charge is 0.172 e. The molecule has 0 nitrogen and oxygen atoms in total. The molecule has 312 valence electrons. The van der Waals surface area contributed by atoms with Gasteiger partial charge in [-0.1, -0.05) is 65.3 Å². The van der Waals surface area contributed by atoms with Gasteiger partial charge in [-0.05, 0) is 28.4 Å². The molecule has 0 atom stereocenters. The van der Waals surface area contributed by atoms with Crippen molar-refractivity contribution in [1.82, 2.24) is 0 Å². The van der Waals surface area contributed by atoms with Gasteiger partial charge in [0.15, 0.2) is 0 Å². The quantitative estimate of drug-likeness (QED) is 0.122. The molecule has 15 heteroatoms. The van der Waals surface area contributed by atoms with Crippen molar-refractivity contribution >= 4 is 3.21 Å². The second-order valence-corrected chi connectivity index (χ2v) is 16.5. The summed E-state index contributed by atoms with van der Waals surface area (Å²) >= 11 is -0.00108. The van der Waals surface area contributed by atoms with Gasteiger partial charge in [-0.3, -0.25) is 0 Å². The van der Waals surface area contributed by atoms with E-state index in [0.29, 0.717) is 0 Å². The summed E-state index contributed by atoms with van der Waals surface area (Å²) in [5.41, 5.74) is 0.165. The van der Waals surface area contributed by atoms with Crippen LogP contribution in [0.4, 0.5) is 52.7 Å². The number of benzene rings is 4. The molecular formula is C43H36Cl2F12Zr-2. The van der Waals surface area contributed by atoms with Crippen molar-refractivity contribution in [1.29, 1.82) is 0 Å². The van der Waals surface area contributed by atoms with E-state index in [0.717, 1.165) is 6.42 Å². The van der Waals surface area contributed by atoms with Crippen LogP contribution in [0.3, 0.4) is 0 Å². The molecule has 58 heavy (non-hydrogen) atoms. The average molecular weight is 943 g/mol. The van der Waals surface area contributed by atoms with Gasteiger partial charge in [0.2, 0.25) is 0 Å². The standard InChI is InChI=1S/C21H25.C17H6F12.C5H5.2ClH.Zr/c1-20(2,3)16-7-9-18-14(12-16)11-15-13-17(21(4,5)6)8-10-19(15)18;18-14(19,20)10-2-8(3-11(6-10)15(21,22)23)1-9-4-12(16(24,25)26)7-13(5-9)17(27,28)29;1-2-4-5-3-1;;;/h7-10,12H,11H2,1-6H3;2-7H;1-5H;2*1H;/q-1;;-1;;;+2/p-2. The molecule has 0 aliphatic heterocycles. The largest absolute Gasteiger partial charge is 1.00 e. The summed E-state index contributed by atoms with van der Waals surface area (Å²) in [5.74, 6) is 0. The van der Waals surface area contributed by atoms with E-state index in [9.17, 15) is 52.7 Å². The first-order valence-electron chi connectivity index (χ1n) is 17.0. The van der Waals surface area contributed by atoms with Crippen LogP contribution in [0.1, 0.15) is 97.2 Å². The third kappa shape index (κ3) is 13.1. The van der Waals surface area contributed by atoms with Gasteiger partial charge in [-0.25, -0.2) is 12.1 Å². The fourth-order valence-corrected chi connectivity index (χ4v) is 6.42. The summed E-state index contributed by atoms with van der Waals surface area (Å²) in [5, 5.41) is 0. The molecule has 5 aromatic carbocycles. The second kappa shape index (κ2) is 18.6. The van der Waals surface area contributed by atoms with Crippen LogP contribution in [0.15, 0.2) is 97.1 Å². The first-order chi connectivity index (χ1) is 25.5. The van der Waals surface area contributed by atoms with Crippen molar-refractivity contribution < 1.29 is 102 Å². The Labute approximate surface area is 356 Å². The summed E-state index contributed by atoms with van der Waals surface area (Å²) in [4.78, 5) is 0. The van der Waals surface area contributed by atoms with E-state index in [1.165, 1.54) is 33.4 Å². The molecule has 6 rings (SSSR count). The summed E-state index contributed by atoms with van der Waals surface area (Å²) in [6, 6.07) is 25.8. The number of hydrogen-bond donors (Lipinski definition) is 0. The van der Waals surface area contributed by atoms with Gasteiger partial charge in [0.25, 0.3) is 0 Å². The van der Waals surface area contributed by atoms with Gasteiger partial charge >= 0.3 is 175 Å². The minimum atomic E-state index is -5.22. The van der Waals surface area contributed by atoms with E-state index in [-0.39, 0.29) is 96.3 Å². The van der Waals surface area contributed by atoms with Gasteiger partial charge in [-0.2, -0.15) is 42.0 Å². The first-order valence-corrected chi connectivity index (χ1v) is 18.2. The predicted molar refractivity (Wildman–Crippen MR) is 189 cm³/mol. The van der Waals surface area contributed by atoms with Crippen LogP contribution in [0.25, 0.3) is 11.1 Å². The normalized spacial score (nSPS) is 12.8. The molecule has 0 bridgehead atoms. The minimum Gasteiger partial charge on any atom is -1.00 e. The zero-order valence-electron chi connectivity index (χ0n) is 31.7. The van der Waals surface area contributed by atoms with E-state index in [4.69, 9.17) is 0 Å². The van der Waals surface area contributed by atoms with Gasteiger partial charge < -0.3 is 24.8 Å². The molecular weight excluding hydrogens is 907 g/mol. The SMILES string of the molecule is CC(C)(C)c1[c-]c2c(cc1)-c1ccc(C(C)(C)C)cc1C2.FC(F)(F)c1cc([C](=[Zr+2])c2cc(C(F)(F)F)cc(C(F)(F)F)c2)cc(C(F)(F)F)c1.[Cl-].[Cl-].c1cc[cH-]c1. The zero-order chi connectivity index (χ0) is 42.2. The van der Waals surface area contributed by atoms with Gasteiger partial charge in [0.1, 0.15) is 0 Å². The van der Waals surface area contributed by atoms with Crippen LogP contribution in [-0.2, 0) is 66.2 Å². The predicted octanol–water partition coefficient (Wildman–Crippen LogP) is 7.94. The van der Waals surface area contributed by atoms with Crippen LogP contribution in [0.5, 0.6) is 0 Å². The third-order valence-electron chi connectivity index (χ3n) is 8.77. The average Bonchev–Trinajstić information content (AvgIpc) is 3.77. The molecule has 1 aliphatic rings. The first kappa shape index (κ1) is 50.9. The summed E-state index contributed by atoms with van der Waals surface area (Å²) < 4.78 is 155. The Morgan fingerprint density at radius 1 is 0.517 bits per heavy atom. The van der Waals surface area contributed by atoms with E-state index in [1.54, 1.807) is 0 Å². The van der Waals surface area contributed by atoms with Crippen molar-refractivity contribution in [2.45, 2.75) is 83.5 Å². The van der Waals surface area contributed by atoms with Crippen molar-refractivity contribution in [3.05, 3.63) is 159 Å². The Morgan fingerprint density at radius 3 is 1.24 bits per heavy atom. The van der Waals surface area contributed by atoms with Gasteiger partial charge in [0, 0.05) is 0 Å². The minimum absolute atomic E-state index is 0. The van der Waals surface area contributed by atoms with Crippen LogP contribution in [0.2, 0.25) is 0 Å². The monoisotopic (exact) mass is 940 g/mol. The van der Waals surface area contributed by atoms with Crippen LogP contribution < -0.4 is 24.8 Å². The topological polar surface area (TPSA) is 0 Å². The maximum Gasteiger partial charge on any atom is -0.172 e. The Morgan fingerprint density at radius 2 is 0.914 bits per heavy atom. The third-order valence-corrected chi connectivity index (χ3v) is 10.2. The molecule has 0 saturated carbocycles. The second-order valence-electron chi connectivity index (χ2n) is 15.2. The molecule has 0 heterocycles. The van der Waals surface area contributed by atoms with E-state index < -0.39 is 61.3 Å². The van der Waals surface area contributed by atoms with Crippen molar-refractivity contribution in [2.75, 3.05) is 0 Å². The molecule has 5 aromatic rings. The van der Waals surface area contributed by atoms with Crippen molar-refractivity contribution in [3.8, 4) is 11.1 Å². The summed E-state index contributed by atoms with van der Waals surface area (Å²) in [7, 11) is 0. The number of halogens is 14. The van der Waals surface area contributed by atoms with Crippen LogP contribution >= 0.6 is 0 Å². The molecule has 0 N–H and O–H groups in total. The fourth-order valence-electron chi connectivity index (χ4n) is 5.71. The molecule has 0 spiro atoms. The molecule has 0 unspecified atom stereocenters. The zero-order valence-corrected chi connectivity index (χ0v) is 35.7. The molecule has 0 saturated heterocycles. The van der Waals surface area contributed by atoms with Gasteiger partial charge in [0.05, 0.1) is 0 Å². The van der Waals surface area contributed by atoms with E-state index in [2.05, 4.69) is 77.9 Å². The molecule has 0 aromatic heterocycles. The maximum absolute atomic E-state index is 13.0. The van der Waals surface area contributed by atoms with Crippen LogP contribution in [0, 0.1) is 6.07 Å². The summed E-state index contributed by atoms with van der Waals surface area (Å²) in [6.07, 6.45) is -19.9. The Bertz CT molecular complexity index is 1940. The van der Waals surface area contributed by atoms with E-state index in [1.807, 2.05) is 30.3 Å².